The molecule has 1 unspecified atom stereocenters. The summed E-state index contributed by atoms with van der Waals surface area (Å²) in [5.74, 6) is -2.49. The Kier molecular flexibility index (Phi) is 8.79. The molecule has 0 aliphatic carbocycles. The predicted octanol–water partition coefficient (Wildman–Crippen LogP) is 1.21. The van der Waals surface area contributed by atoms with Crippen molar-refractivity contribution in [1.29, 1.82) is 0 Å². The van der Waals surface area contributed by atoms with Crippen molar-refractivity contribution in [2.75, 3.05) is 26.2 Å². The number of nitrogens with zero attached hydrogens (tertiary/aromatic N) is 3. The normalized spacial score (nSPS) is 11.3. The fourth-order valence-electron chi connectivity index (χ4n) is 2.32. The third-order valence-electron chi connectivity index (χ3n) is 3.79. The molecule has 12 heteroatoms. The molecule has 0 N–H and O–H groups in total. The largest absolute Gasteiger partial charge is 0.467 e. The van der Waals surface area contributed by atoms with Crippen LogP contribution in [0.3, 0.4) is 0 Å². The number of non-ortho nitro benzene ring substituents is 1. The topological polar surface area (TPSA) is 155 Å². The van der Waals surface area contributed by atoms with Crippen molar-refractivity contribution >= 4 is 41.1 Å². The van der Waals surface area contributed by atoms with Gasteiger partial charge in [0.2, 0.25) is 0 Å². The van der Waals surface area contributed by atoms with Crippen LogP contribution in [-0.2, 0) is 33.4 Å². The second kappa shape index (κ2) is 10.8. The molecule has 1 rings (SSSR count). The second-order valence-corrected chi connectivity index (χ2v) is 7.17. The number of amides is 1. The minimum Gasteiger partial charge on any atom is -0.467 e. The van der Waals surface area contributed by atoms with Crippen molar-refractivity contribution in [2.24, 2.45) is 4.99 Å². The Morgan fingerprint density at radius 1 is 1.00 bits per heavy atom. The SMILES string of the molecule is COC(=O)C(=O)N(c1ccc([N+](=O)[O-])cc1)C(C(=O)OC)C(=C=NC(C)(C)C)C(=O)OC. The van der Waals surface area contributed by atoms with E-state index in [1.54, 1.807) is 20.8 Å². The van der Waals surface area contributed by atoms with Crippen molar-refractivity contribution in [2.45, 2.75) is 32.4 Å². The number of esters is 3. The molecule has 0 saturated heterocycles. The van der Waals surface area contributed by atoms with Crippen LogP contribution >= 0.6 is 0 Å². The highest BCUT2D eigenvalue weighted by Crippen LogP contribution is 2.25. The molecule has 32 heavy (non-hydrogen) atoms. The number of aliphatic imine (C=N–C) groups is 1. The molecule has 1 aromatic carbocycles. The summed E-state index contributed by atoms with van der Waals surface area (Å²) in [6, 6.07) is 2.46. The first kappa shape index (κ1) is 26.0. The van der Waals surface area contributed by atoms with Gasteiger partial charge in [-0.15, -0.1) is 0 Å². The van der Waals surface area contributed by atoms with Crippen LogP contribution in [0.1, 0.15) is 20.8 Å². The van der Waals surface area contributed by atoms with E-state index in [9.17, 15) is 29.3 Å². The number of nitro groups is 1. The number of hydrogen-bond acceptors (Lipinski definition) is 10. The molecule has 0 aliphatic heterocycles. The van der Waals surface area contributed by atoms with Gasteiger partial charge in [-0.2, -0.15) is 0 Å². The molecular weight excluding hydrogens is 426 g/mol. The molecule has 1 aromatic rings. The van der Waals surface area contributed by atoms with Gasteiger partial charge in [0.05, 0.1) is 31.8 Å². The quantitative estimate of drug-likeness (QED) is 0.118. The molecule has 0 radical (unpaired) electrons. The summed E-state index contributed by atoms with van der Waals surface area (Å²) >= 11 is 0. The van der Waals surface area contributed by atoms with Gasteiger partial charge in [-0.1, -0.05) is 0 Å². The Labute approximate surface area is 183 Å². The van der Waals surface area contributed by atoms with Crippen molar-refractivity contribution in [3.05, 3.63) is 40.0 Å². The lowest BCUT2D eigenvalue weighted by molar-refractivity contribution is -0.384. The average Bonchev–Trinajstić information content (AvgIpc) is 2.76. The summed E-state index contributed by atoms with van der Waals surface area (Å²) < 4.78 is 13.9. The first-order chi connectivity index (χ1) is 14.9. The van der Waals surface area contributed by atoms with Crippen LogP contribution in [0.2, 0.25) is 0 Å². The van der Waals surface area contributed by atoms with Crippen LogP contribution in [0.25, 0.3) is 0 Å². The Balaban J connectivity index is 3.90. The smallest absolute Gasteiger partial charge is 0.397 e. The van der Waals surface area contributed by atoms with E-state index in [0.717, 1.165) is 45.6 Å². The molecule has 0 heterocycles. The van der Waals surface area contributed by atoms with Gasteiger partial charge in [0, 0.05) is 17.8 Å². The number of anilines is 1. The number of hydrogen-bond donors (Lipinski definition) is 0. The lowest BCUT2D eigenvalue weighted by atomic mass is 10.0. The Hall–Kier alpha value is -4.05. The van der Waals surface area contributed by atoms with Crippen LogP contribution in [0.15, 0.2) is 34.8 Å². The minimum atomic E-state index is -1.87. The number of carbonyl (C=O) groups is 4. The predicted molar refractivity (Wildman–Crippen MR) is 111 cm³/mol. The average molecular weight is 449 g/mol. The Morgan fingerprint density at radius 3 is 1.94 bits per heavy atom. The maximum absolute atomic E-state index is 12.9. The first-order valence-corrected chi connectivity index (χ1v) is 9.04. The zero-order valence-corrected chi connectivity index (χ0v) is 18.4. The van der Waals surface area contributed by atoms with E-state index >= 15 is 0 Å². The van der Waals surface area contributed by atoms with E-state index in [4.69, 9.17) is 9.47 Å². The Bertz CT molecular complexity index is 971. The van der Waals surface area contributed by atoms with Gasteiger partial charge in [-0.25, -0.2) is 19.4 Å². The minimum absolute atomic E-state index is 0.139. The standard InChI is InChI=1S/C20H23N3O9/c1-20(2,3)21-11-14(17(25)30-4)15(18(26)31-5)22(16(24)19(27)32-6)12-7-9-13(10-8-12)23(28)29/h7-10,15H,1-6H3. The van der Waals surface area contributed by atoms with E-state index in [1.807, 2.05) is 0 Å². The number of methoxy groups -OCH3 is 3. The van der Waals surface area contributed by atoms with Gasteiger partial charge in [0.1, 0.15) is 5.57 Å². The summed E-state index contributed by atoms with van der Waals surface area (Å²) in [6.45, 7) is 5.07. The molecule has 12 nitrogen and oxygen atoms in total. The summed E-state index contributed by atoms with van der Waals surface area (Å²) in [5.41, 5.74) is -1.72. The van der Waals surface area contributed by atoms with Gasteiger partial charge >= 0.3 is 23.8 Å². The monoisotopic (exact) mass is 449 g/mol. The molecular formula is C20H23N3O9. The second-order valence-electron chi connectivity index (χ2n) is 7.17. The third kappa shape index (κ3) is 6.47. The molecule has 0 aliphatic rings. The molecule has 172 valence electrons. The van der Waals surface area contributed by atoms with Crippen LogP contribution < -0.4 is 4.90 Å². The van der Waals surface area contributed by atoms with Gasteiger partial charge in [-0.05, 0) is 38.8 Å². The van der Waals surface area contributed by atoms with Gasteiger partial charge in [0.25, 0.3) is 5.69 Å². The van der Waals surface area contributed by atoms with Crippen molar-refractivity contribution in [3.63, 3.8) is 0 Å². The molecule has 0 spiro atoms. The lowest BCUT2D eigenvalue weighted by Crippen LogP contribution is -2.51. The van der Waals surface area contributed by atoms with E-state index in [-0.39, 0.29) is 11.4 Å². The highest BCUT2D eigenvalue weighted by atomic mass is 16.6. The molecule has 0 aromatic heterocycles. The highest BCUT2D eigenvalue weighted by Gasteiger charge is 2.42. The molecule has 0 saturated carbocycles. The van der Waals surface area contributed by atoms with Gasteiger partial charge in [0.15, 0.2) is 6.04 Å². The lowest BCUT2D eigenvalue weighted by Gasteiger charge is -2.28. The zero-order valence-electron chi connectivity index (χ0n) is 18.4. The summed E-state index contributed by atoms with van der Waals surface area (Å²) in [4.78, 5) is 65.1. The first-order valence-electron chi connectivity index (χ1n) is 9.04. The number of benzene rings is 1. The Morgan fingerprint density at radius 2 is 1.53 bits per heavy atom. The number of ether oxygens (including phenoxy) is 3. The van der Waals surface area contributed by atoms with Crippen molar-refractivity contribution in [3.8, 4) is 0 Å². The summed E-state index contributed by atoms with van der Waals surface area (Å²) in [6.07, 6.45) is 0. The summed E-state index contributed by atoms with van der Waals surface area (Å²) in [5, 5.41) is 11.0. The van der Waals surface area contributed by atoms with Crippen molar-refractivity contribution in [1.82, 2.24) is 0 Å². The van der Waals surface area contributed by atoms with E-state index in [2.05, 4.69) is 15.6 Å². The highest BCUT2D eigenvalue weighted by molar-refractivity contribution is 6.39. The zero-order chi connectivity index (χ0) is 24.6. The number of carbonyl (C=O) groups excluding carboxylic acids is 4. The fourth-order valence-corrected chi connectivity index (χ4v) is 2.32. The van der Waals surface area contributed by atoms with E-state index < -0.39 is 45.9 Å². The molecule has 1 amide bonds. The van der Waals surface area contributed by atoms with E-state index in [0.29, 0.717) is 4.90 Å². The maximum atomic E-state index is 12.9. The van der Waals surface area contributed by atoms with Crippen LogP contribution in [-0.4, -0.2) is 67.5 Å². The van der Waals surface area contributed by atoms with Crippen molar-refractivity contribution < 1.29 is 38.3 Å². The van der Waals surface area contributed by atoms with Crippen LogP contribution in [0.4, 0.5) is 11.4 Å². The molecule has 0 fully saturated rings. The third-order valence-corrected chi connectivity index (χ3v) is 3.79. The molecule has 1 atom stereocenters. The van der Waals surface area contributed by atoms with Crippen LogP contribution in [0.5, 0.6) is 0 Å². The van der Waals surface area contributed by atoms with Crippen LogP contribution in [0, 0.1) is 10.1 Å². The number of rotatable bonds is 6. The molecule has 0 bridgehead atoms. The van der Waals surface area contributed by atoms with Gasteiger partial charge in [-0.3, -0.25) is 19.8 Å². The fraction of sp³-hybridized carbons (Fsp3) is 0.400. The maximum Gasteiger partial charge on any atom is 0.397 e. The van der Waals surface area contributed by atoms with Gasteiger partial charge < -0.3 is 14.2 Å². The summed E-state index contributed by atoms with van der Waals surface area (Å²) in [7, 11) is 2.98. The number of nitro benzene ring substituents is 1. The van der Waals surface area contributed by atoms with E-state index in [1.165, 1.54) is 0 Å².